The second-order valence-electron chi connectivity index (χ2n) is 5.18. The predicted molar refractivity (Wildman–Crippen MR) is 80.9 cm³/mol. The number of carboxylic acids is 1. The van der Waals surface area contributed by atoms with Gasteiger partial charge in [0, 0.05) is 10.4 Å². The maximum absolute atomic E-state index is 12.3. The van der Waals surface area contributed by atoms with Crippen molar-refractivity contribution in [3.05, 3.63) is 28.2 Å². The van der Waals surface area contributed by atoms with Crippen molar-refractivity contribution in [1.82, 2.24) is 0 Å². The Morgan fingerprint density at radius 1 is 1.15 bits per heavy atom. The summed E-state index contributed by atoms with van der Waals surface area (Å²) in [6.07, 6.45) is 6.41. The Kier molecular flexibility index (Phi) is 5.17. The summed E-state index contributed by atoms with van der Waals surface area (Å²) >= 11 is 3.34. The van der Waals surface area contributed by atoms with Crippen LogP contribution in [0.2, 0.25) is 0 Å². The Hall–Kier alpha value is -1.36. The van der Waals surface area contributed by atoms with Gasteiger partial charge in [-0.1, -0.05) is 25.7 Å². The standard InChI is InChI=1S/C15H18BrNO3/c16-12-8-7-11(15(19)20)9-13(12)17-14(18)10-5-3-1-2-4-6-10/h7-10H,1-6H2,(H,17,18)(H,19,20). The van der Waals surface area contributed by atoms with Gasteiger partial charge >= 0.3 is 5.97 Å². The molecule has 0 aromatic heterocycles. The third-order valence-electron chi connectivity index (χ3n) is 3.70. The number of benzene rings is 1. The van der Waals surface area contributed by atoms with Crippen LogP contribution in [0.1, 0.15) is 48.9 Å². The number of halogens is 1. The Morgan fingerprint density at radius 2 is 1.80 bits per heavy atom. The van der Waals surface area contributed by atoms with Gasteiger partial charge in [-0.15, -0.1) is 0 Å². The van der Waals surface area contributed by atoms with Crippen molar-refractivity contribution >= 4 is 33.5 Å². The Balaban J connectivity index is 2.10. The van der Waals surface area contributed by atoms with E-state index in [-0.39, 0.29) is 17.4 Å². The molecule has 1 amide bonds. The van der Waals surface area contributed by atoms with E-state index in [1.807, 2.05) is 0 Å². The van der Waals surface area contributed by atoms with Gasteiger partial charge in [-0.05, 0) is 47.0 Å². The van der Waals surface area contributed by atoms with Crippen molar-refractivity contribution < 1.29 is 14.7 Å². The zero-order valence-corrected chi connectivity index (χ0v) is 12.8. The average Bonchev–Trinajstić information content (AvgIpc) is 2.70. The van der Waals surface area contributed by atoms with Crippen molar-refractivity contribution in [3.63, 3.8) is 0 Å². The van der Waals surface area contributed by atoms with Gasteiger partial charge in [-0.2, -0.15) is 0 Å². The summed E-state index contributed by atoms with van der Waals surface area (Å²) in [5.41, 5.74) is 0.698. The number of nitrogens with one attached hydrogen (secondary N) is 1. The first-order valence-corrected chi connectivity index (χ1v) is 7.71. The lowest BCUT2D eigenvalue weighted by Gasteiger charge is -2.15. The van der Waals surface area contributed by atoms with E-state index in [1.165, 1.54) is 25.0 Å². The molecule has 1 aromatic carbocycles. The summed E-state index contributed by atoms with van der Waals surface area (Å²) in [7, 11) is 0. The van der Waals surface area contributed by atoms with Crippen LogP contribution in [0.25, 0.3) is 0 Å². The normalized spacial score (nSPS) is 16.4. The topological polar surface area (TPSA) is 66.4 Å². The number of carbonyl (C=O) groups excluding carboxylic acids is 1. The molecule has 1 aliphatic rings. The third-order valence-corrected chi connectivity index (χ3v) is 4.39. The maximum atomic E-state index is 12.3. The van der Waals surface area contributed by atoms with Gasteiger partial charge in [0.15, 0.2) is 0 Å². The van der Waals surface area contributed by atoms with Crippen LogP contribution in [0.5, 0.6) is 0 Å². The van der Waals surface area contributed by atoms with E-state index in [2.05, 4.69) is 21.2 Å². The minimum Gasteiger partial charge on any atom is -0.478 e. The number of carbonyl (C=O) groups is 2. The molecule has 1 saturated carbocycles. The van der Waals surface area contributed by atoms with Gasteiger partial charge in [0.05, 0.1) is 11.3 Å². The number of amides is 1. The van der Waals surface area contributed by atoms with Gasteiger partial charge in [-0.25, -0.2) is 4.79 Å². The summed E-state index contributed by atoms with van der Waals surface area (Å²) in [5, 5.41) is 11.8. The van der Waals surface area contributed by atoms with Crippen molar-refractivity contribution in [2.75, 3.05) is 5.32 Å². The minimum atomic E-state index is -0.998. The van der Waals surface area contributed by atoms with Crippen LogP contribution in [0.4, 0.5) is 5.69 Å². The van der Waals surface area contributed by atoms with Gasteiger partial charge in [0.2, 0.25) is 5.91 Å². The molecule has 0 spiro atoms. The molecule has 1 aliphatic carbocycles. The highest BCUT2D eigenvalue weighted by molar-refractivity contribution is 9.10. The second kappa shape index (κ2) is 6.88. The molecular weight excluding hydrogens is 322 g/mol. The lowest BCUT2D eigenvalue weighted by atomic mass is 9.99. The fourth-order valence-electron chi connectivity index (χ4n) is 2.53. The zero-order chi connectivity index (χ0) is 14.5. The smallest absolute Gasteiger partial charge is 0.335 e. The first kappa shape index (κ1) is 15.0. The summed E-state index contributed by atoms with van der Waals surface area (Å²) in [4.78, 5) is 23.2. The first-order chi connectivity index (χ1) is 9.58. The molecule has 0 aliphatic heterocycles. The number of anilines is 1. The maximum Gasteiger partial charge on any atom is 0.335 e. The summed E-state index contributed by atoms with van der Waals surface area (Å²) < 4.78 is 0.699. The number of hydrogen-bond donors (Lipinski definition) is 2. The Morgan fingerprint density at radius 3 is 2.40 bits per heavy atom. The van der Waals surface area contributed by atoms with Gasteiger partial charge < -0.3 is 10.4 Å². The fourth-order valence-corrected chi connectivity index (χ4v) is 2.88. The van der Waals surface area contributed by atoms with Crippen molar-refractivity contribution in [2.45, 2.75) is 38.5 Å². The first-order valence-electron chi connectivity index (χ1n) is 6.91. The molecule has 0 radical (unpaired) electrons. The van der Waals surface area contributed by atoms with E-state index >= 15 is 0 Å². The highest BCUT2D eigenvalue weighted by atomic mass is 79.9. The molecule has 2 rings (SSSR count). The molecule has 0 unspecified atom stereocenters. The van der Waals surface area contributed by atoms with E-state index in [4.69, 9.17) is 5.11 Å². The fraction of sp³-hybridized carbons (Fsp3) is 0.467. The van der Waals surface area contributed by atoms with Crippen LogP contribution in [0.3, 0.4) is 0 Å². The van der Waals surface area contributed by atoms with Crippen molar-refractivity contribution in [2.24, 2.45) is 5.92 Å². The van der Waals surface area contributed by atoms with Crippen LogP contribution in [0, 0.1) is 5.92 Å². The van der Waals surface area contributed by atoms with E-state index in [9.17, 15) is 9.59 Å². The number of rotatable bonds is 3. The molecular formula is C15H18BrNO3. The molecule has 0 saturated heterocycles. The molecule has 5 heteroatoms. The second-order valence-corrected chi connectivity index (χ2v) is 6.03. The molecule has 1 fully saturated rings. The van der Waals surface area contributed by atoms with Crippen molar-refractivity contribution in [1.29, 1.82) is 0 Å². The third kappa shape index (κ3) is 3.82. The van der Waals surface area contributed by atoms with Crippen LogP contribution in [-0.4, -0.2) is 17.0 Å². The summed E-state index contributed by atoms with van der Waals surface area (Å²) in [5.74, 6) is -0.963. The number of aromatic carboxylic acids is 1. The van der Waals surface area contributed by atoms with Gasteiger partial charge in [-0.3, -0.25) is 4.79 Å². The van der Waals surface area contributed by atoms with E-state index < -0.39 is 5.97 Å². The summed E-state index contributed by atoms with van der Waals surface area (Å²) in [6, 6.07) is 4.64. The zero-order valence-electron chi connectivity index (χ0n) is 11.2. The predicted octanol–water partition coefficient (Wildman–Crippen LogP) is 4.06. The van der Waals surface area contributed by atoms with Crippen molar-refractivity contribution in [3.8, 4) is 0 Å². The molecule has 108 valence electrons. The molecule has 2 N–H and O–H groups in total. The van der Waals surface area contributed by atoms with Gasteiger partial charge in [0.1, 0.15) is 0 Å². The van der Waals surface area contributed by atoms with Crippen LogP contribution in [0.15, 0.2) is 22.7 Å². The van der Waals surface area contributed by atoms with Crippen LogP contribution < -0.4 is 5.32 Å². The van der Waals surface area contributed by atoms with E-state index in [0.29, 0.717) is 10.2 Å². The van der Waals surface area contributed by atoms with Crippen LogP contribution in [-0.2, 0) is 4.79 Å². The van der Waals surface area contributed by atoms with E-state index in [0.717, 1.165) is 25.7 Å². The lowest BCUT2D eigenvalue weighted by Crippen LogP contribution is -2.22. The average molecular weight is 340 g/mol. The van der Waals surface area contributed by atoms with Crippen LogP contribution >= 0.6 is 15.9 Å². The Labute approximate surface area is 126 Å². The molecule has 0 heterocycles. The monoisotopic (exact) mass is 339 g/mol. The number of carboxylic acid groups (broad SMARTS) is 1. The minimum absolute atomic E-state index is 0.00450. The SMILES string of the molecule is O=C(O)c1ccc(Br)c(NC(=O)C2CCCCCC2)c1. The highest BCUT2D eigenvalue weighted by Gasteiger charge is 2.21. The quantitative estimate of drug-likeness (QED) is 0.816. The molecule has 20 heavy (non-hydrogen) atoms. The largest absolute Gasteiger partial charge is 0.478 e. The molecule has 4 nitrogen and oxygen atoms in total. The van der Waals surface area contributed by atoms with Gasteiger partial charge in [0.25, 0.3) is 0 Å². The highest BCUT2D eigenvalue weighted by Crippen LogP contribution is 2.27. The molecule has 0 bridgehead atoms. The summed E-state index contributed by atoms with van der Waals surface area (Å²) in [6.45, 7) is 0. The number of hydrogen-bond acceptors (Lipinski definition) is 2. The lowest BCUT2D eigenvalue weighted by molar-refractivity contribution is -0.120. The Bertz CT molecular complexity index is 508. The molecule has 1 aromatic rings. The molecule has 0 atom stereocenters. The van der Waals surface area contributed by atoms with E-state index in [1.54, 1.807) is 6.07 Å².